The highest BCUT2D eigenvalue weighted by Gasteiger charge is 2.27. The number of unbranched alkanes of at least 4 members (excludes halogenated alkanes) is 30. The Balaban J connectivity index is 4.26. The summed E-state index contributed by atoms with van der Waals surface area (Å²) in [7, 11) is -4.65. The summed E-state index contributed by atoms with van der Waals surface area (Å²) in [5.74, 6) is -1.21. The van der Waals surface area contributed by atoms with E-state index < -0.39 is 58.4 Å². The molecule has 0 aromatic rings. The molecule has 11 heteroatoms. The fourth-order valence-electron chi connectivity index (χ4n) is 7.03. The zero-order chi connectivity index (χ0) is 44.8. The van der Waals surface area contributed by atoms with Gasteiger partial charge in [-0.25, -0.2) is 9.36 Å². The molecule has 1 unspecified atom stereocenters. The van der Waals surface area contributed by atoms with Crippen molar-refractivity contribution in [1.82, 2.24) is 0 Å². The van der Waals surface area contributed by atoms with E-state index in [9.17, 15) is 24.2 Å². The van der Waals surface area contributed by atoms with Gasteiger partial charge in [-0.15, -0.1) is 0 Å². The lowest BCUT2D eigenvalue weighted by Crippen LogP contribution is -2.29. The highest BCUT2D eigenvalue weighted by atomic mass is 31.2. The van der Waals surface area contributed by atoms with Crippen LogP contribution in [0.5, 0.6) is 0 Å². The van der Waals surface area contributed by atoms with Crippen LogP contribution in [0.25, 0.3) is 0 Å². The summed E-state index contributed by atoms with van der Waals surface area (Å²) in [4.78, 5) is 34.9. The molecule has 0 rings (SSSR count). The van der Waals surface area contributed by atoms with Crippen molar-refractivity contribution in [1.29, 1.82) is 0 Å². The van der Waals surface area contributed by atoms with Gasteiger partial charge in [-0.3, -0.25) is 13.8 Å². The van der Waals surface area contributed by atoms with Crippen LogP contribution in [0, 0.1) is 0 Å². The van der Waals surface area contributed by atoms with E-state index in [0.29, 0.717) is 12.8 Å². The lowest BCUT2D eigenvalue weighted by atomic mass is 10.0. The SMILES string of the molecule is CCCCCCCCCCCCC/C=C/C=C/C(=O)OC[C@H](COP(=O)(O)OC[C@@H](O)CO)OC(=O)CCC/C=C/CCCCCCCCCCCCCCCCCCCC. The Kier molecular flexibility index (Phi) is 44.8. The molecule has 0 aromatic carbocycles. The second-order valence-corrected chi connectivity index (χ2v) is 18.4. The van der Waals surface area contributed by atoms with Gasteiger partial charge in [0.1, 0.15) is 12.7 Å². The number of phosphoric acid groups is 1. The predicted molar refractivity (Wildman–Crippen MR) is 251 cm³/mol. The maximum absolute atomic E-state index is 12.6. The summed E-state index contributed by atoms with van der Waals surface area (Å²) in [6.07, 6.45) is 50.5. The third-order valence-corrected chi connectivity index (χ3v) is 11.8. The molecule has 3 N–H and O–H groups in total. The summed E-state index contributed by atoms with van der Waals surface area (Å²) in [5, 5.41) is 18.4. The summed E-state index contributed by atoms with van der Waals surface area (Å²) >= 11 is 0. The van der Waals surface area contributed by atoms with Crippen LogP contribution < -0.4 is 0 Å². The number of aliphatic hydroxyl groups excluding tert-OH is 2. The van der Waals surface area contributed by atoms with E-state index >= 15 is 0 Å². The molecule has 0 heterocycles. The van der Waals surface area contributed by atoms with Gasteiger partial charge in [0.15, 0.2) is 6.10 Å². The van der Waals surface area contributed by atoms with Crippen molar-refractivity contribution in [2.75, 3.05) is 26.4 Å². The first-order chi connectivity index (χ1) is 29.7. The van der Waals surface area contributed by atoms with E-state index in [2.05, 4.69) is 30.5 Å². The zero-order valence-corrected chi connectivity index (χ0v) is 40.0. The summed E-state index contributed by atoms with van der Waals surface area (Å²) in [6.45, 7) is 2.26. The van der Waals surface area contributed by atoms with Gasteiger partial charge in [-0.1, -0.05) is 218 Å². The van der Waals surface area contributed by atoms with Crippen LogP contribution in [0.15, 0.2) is 36.5 Å². The molecule has 61 heavy (non-hydrogen) atoms. The van der Waals surface area contributed by atoms with Crippen molar-refractivity contribution in [3.05, 3.63) is 36.5 Å². The molecule has 0 aliphatic carbocycles. The number of phosphoric ester groups is 1. The molecule has 0 saturated carbocycles. The quantitative estimate of drug-likeness (QED) is 0.0135. The van der Waals surface area contributed by atoms with E-state index in [1.54, 1.807) is 12.2 Å². The van der Waals surface area contributed by atoms with Gasteiger partial charge in [-0.05, 0) is 38.5 Å². The lowest BCUT2D eigenvalue weighted by Gasteiger charge is -2.20. The molecule has 0 amide bonds. The maximum atomic E-state index is 12.6. The predicted octanol–water partition coefficient (Wildman–Crippen LogP) is 13.9. The first-order valence-corrected chi connectivity index (χ1v) is 26.5. The van der Waals surface area contributed by atoms with E-state index in [-0.39, 0.29) is 6.42 Å². The van der Waals surface area contributed by atoms with Crippen molar-refractivity contribution < 1.29 is 47.8 Å². The van der Waals surface area contributed by atoms with Crippen LogP contribution in [0.4, 0.5) is 0 Å². The number of rotatable bonds is 47. The topological polar surface area (TPSA) is 149 Å². The second-order valence-electron chi connectivity index (χ2n) is 16.9. The Morgan fingerprint density at radius 3 is 1.36 bits per heavy atom. The highest BCUT2D eigenvalue weighted by Crippen LogP contribution is 2.43. The normalized spacial score (nSPS) is 14.0. The minimum Gasteiger partial charge on any atom is -0.458 e. The fraction of sp³-hybridized carbons (Fsp3) is 0.840. The average Bonchev–Trinajstić information content (AvgIpc) is 3.25. The number of allylic oxidation sites excluding steroid dienone is 5. The number of aliphatic hydroxyl groups is 2. The Hall–Kier alpha value is -1.81. The highest BCUT2D eigenvalue weighted by molar-refractivity contribution is 7.47. The molecule has 10 nitrogen and oxygen atoms in total. The molecule has 358 valence electrons. The molecule has 0 bridgehead atoms. The van der Waals surface area contributed by atoms with Crippen molar-refractivity contribution in [2.45, 2.75) is 244 Å². The monoisotopic (exact) mass is 885 g/mol. The van der Waals surface area contributed by atoms with Gasteiger partial charge in [0.2, 0.25) is 0 Å². The zero-order valence-electron chi connectivity index (χ0n) is 39.1. The van der Waals surface area contributed by atoms with E-state index in [1.165, 1.54) is 186 Å². The van der Waals surface area contributed by atoms with Crippen molar-refractivity contribution in [3.63, 3.8) is 0 Å². The molecule has 0 fully saturated rings. The lowest BCUT2D eigenvalue weighted by molar-refractivity contribution is -0.159. The standard InChI is InChI=1S/C50H93O10P/c1-3-5-7-9-11-13-15-17-19-20-21-22-23-24-25-26-28-30-32-34-36-38-40-42-50(54)60-48(46-59-61(55,56)58-44-47(52)43-51)45-57-49(53)41-39-37-35-33-31-29-27-18-16-14-12-10-8-6-4-2/h34-37,39,41,47-48,51-52H,3-33,38,40,42-46H2,1-2H3,(H,55,56)/b36-34+,37-35+,41-39+/t47-,48+/m0/s1. The smallest absolute Gasteiger partial charge is 0.458 e. The number of carbonyl (C=O) groups is 2. The Bertz CT molecular complexity index is 1110. The average molecular weight is 885 g/mol. The van der Waals surface area contributed by atoms with Crippen LogP contribution >= 0.6 is 7.82 Å². The number of esters is 2. The van der Waals surface area contributed by atoms with Crippen molar-refractivity contribution in [2.24, 2.45) is 0 Å². The van der Waals surface area contributed by atoms with Gasteiger partial charge in [0.25, 0.3) is 0 Å². The van der Waals surface area contributed by atoms with E-state index in [0.717, 1.165) is 19.3 Å². The molecule has 0 aliphatic heterocycles. The Labute approximate surface area is 373 Å². The Morgan fingerprint density at radius 2 is 0.918 bits per heavy atom. The van der Waals surface area contributed by atoms with Gasteiger partial charge >= 0.3 is 19.8 Å². The summed E-state index contributed by atoms with van der Waals surface area (Å²) in [6, 6.07) is 0. The van der Waals surface area contributed by atoms with E-state index in [1.807, 2.05) is 6.08 Å². The van der Waals surface area contributed by atoms with Gasteiger partial charge in [0, 0.05) is 12.5 Å². The minimum absolute atomic E-state index is 0.119. The summed E-state index contributed by atoms with van der Waals surface area (Å²) in [5.41, 5.74) is 0. The number of ether oxygens (including phenoxy) is 2. The molecule has 0 radical (unpaired) electrons. The maximum Gasteiger partial charge on any atom is 0.472 e. The Morgan fingerprint density at radius 1 is 0.525 bits per heavy atom. The van der Waals surface area contributed by atoms with Gasteiger partial charge in [0.05, 0.1) is 19.8 Å². The molecule has 0 spiro atoms. The fourth-order valence-corrected chi connectivity index (χ4v) is 7.82. The van der Waals surface area contributed by atoms with Crippen LogP contribution in [0.2, 0.25) is 0 Å². The first-order valence-electron chi connectivity index (χ1n) is 25.0. The second kappa shape index (κ2) is 46.2. The van der Waals surface area contributed by atoms with Gasteiger partial charge < -0.3 is 24.6 Å². The largest absolute Gasteiger partial charge is 0.472 e. The molecule has 0 saturated heterocycles. The van der Waals surface area contributed by atoms with Gasteiger partial charge in [-0.2, -0.15) is 0 Å². The third-order valence-electron chi connectivity index (χ3n) is 10.9. The van der Waals surface area contributed by atoms with Crippen molar-refractivity contribution >= 4 is 19.8 Å². The molecular weight excluding hydrogens is 792 g/mol. The molecule has 0 aliphatic rings. The summed E-state index contributed by atoms with van der Waals surface area (Å²) < 4.78 is 32.6. The van der Waals surface area contributed by atoms with Crippen LogP contribution in [0.1, 0.15) is 232 Å². The number of hydrogen-bond donors (Lipinski definition) is 3. The van der Waals surface area contributed by atoms with Crippen molar-refractivity contribution in [3.8, 4) is 0 Å². The minimum atomic E-state index is -4.65. The number of hydrogen-bond acceptors (Lipinski definition) is 9. The van der Waals surface area contributed by atoms with Crippen LogP contribution in [0.3, 0.4) is 0 Å². The molecule has 0 aromatic heterocycles. The molecule has 3 atom stereocenters. The van der Waals surface area contributed by atoms with Crippen LogP contribution in [-0.4, -0.2) is 65.7 Å². The van der Waals surface area contributed by atoms with Crippen LogP contribution in [-0.2, 0) is 32.7 Å². The van der Waals surface area contributed by atoms with E-state index in [4.69, 9.17) is 19.1 Å². The number of carbonyl (C=O) groups excluding carboxylic acids is 2. The first kappa shape index (κ1) is 59.2. The third kappa shape index (κ3) is 46.0. The molecular formula is C50H93O10P.